The van der Waals surface area contributed by atoms with Gasteiger partial charge in [-0.2, -0.15) is 0 Å². The van der Waals surface area contributed by atoms with E-state index in [1.165, 1.54) is 0 Å². The summed E-state index contributed by atoms with van der Waals surface area (Å²) in [5, 5.41) is 10.6. The number of aliphatic hydroxyl groups is 1. The minimum atomic E-state index is -0.696. The lowest BCUT2D eigenvalue weighted by Gasteiger charge is -2.47. The molecule has 2 rings (SSSR count). The summed E-state index contributed by atoms with van der Waals surface area (Å²) in [6.45, 7) is 2.94. The van der Waals surface area contributed by atoms with Crippen LogP contribution >= 0.6 is 0 Å². The summed E-state index contributed by atoms with van der Waals surface area (Å²) in [6, 6.07) is 0. The number of methoxy groups -OCH3 is 2. The van der Waals surface area contributed by atoms with Crippen molar-refractivity contribution in [2.75, 3.05) is 27.4 Å². The fourth-order valence-corrected chi connectivity index (χ4v) is 3.14. The largest absolute Gasteiger partial charge is 0.390 e. The molecule has 0 spiro atoms. The van der Waals surface area contributed by atoms with Crippen molar-refractivity contribution in [3.8, 4) is 0 Å². The molecular formula is C13H22O4. The van der Waals surface area contributed by atoms with Crippen LogP contribution in [-0.4, -0.2) is 49.3 Å². The minimum Gasteiger partial charge on any atom is -0.390 e. The molecule has 2 aliphatic rings. The molecule has 0 unspecified atom stereocenters. The van der Waals surface area contributed by atoms with Crippen LogP contribution in [0.5, 0.6) is 0 Å². The third kappa shape index (κ3) is 2.27. The highest BCUT2D eigenvalue weighted by Crippen LogP contribution is 2.48. The van der Waals surface area contributed by atoms with Crippen molar-refractivity contribution in [2.24, 2.45) is 0 Å². The van der Waals surface area contributed by atoms with Crippen molar-refractivity contribution in [3.63, 3.8) is 0 Å². The van der Waals surface area contributed by atoms with Crippen LogP contribution in [0.15, 0.2) is 12.2 Å². The van der Waals surface area contributed by atoms with Gasteiger partial charge in [-0.05, 0) is 6.42 Å². The van der Waals surface area contributed by atoms with E-state index in [1.54, 1.807) is 14.2 Å². The molecule has 1 fully saturated rings. The Morgan fingerprint density at radius 3 is 1.94 bits per heavy atom. The summed E-state index contributed by atoms with van der Waals surface area (Å²) in [5.74, 6) is 0. The first kappa shape index (κ1) is 13.0. The standard InChI is InChI=1S/C13H22O4/c1-4-11(14)7-12(9-15-2)5-6-13(8-11,17-12)10-16-3/h5-6,14H,4,7-10H2,1-3H3/t11-,12+,13-. The molecule has 1 saturated heterocycles. The molecule has 2 bridgehead atoms. The summed E-state index contributed by atoms with van der Waals surface area (Å²) >= 11 is 0. The van der Waals surface area contributed by atoms with E-state index in [2.05, 4.69) is 0 Å². The normalized spacial score (nSPS) is 44.2. The van der Waals surface area contributed by atoms with Gasteiger partial charge in [-0.3, -0.25) is 0 Å². The second-order valence-corrected chi connectivity index (χ2v) is 5.36. The molecule has 4 heteroatoms. The van der Waals surface area contributed by atoms with E-state index in [0.717, 1.165) is 6.42 Å². The van der Waals surface area contributed by atoms with Gasteiger partial charge in [-0.25, -0.2) is 0 Å². The van der Waals surface area contributed by atoms with Gasteiger partial charge in [0.2, 0.25) is 0 Å². The third-order valence-electron chi connectivity index (χ3n) is 3.79. The van der Waals surface area contributed by atoms with Crippen LogP contribution in [0.3, 0.4) is 0 Å². The maximum absolute atomic E-state index is 10.6. The number of rotatable bonds is 5. The molecular weight excluding hydrogens is 220 g/mol. The molecule has 98 valence electrons. The van der Waals surface area contributed by atoms with Gasteiger partial charge in [0.1, 0.15) is 11.2 Å². The van der Waals surface area contributed by atoms with Gasteiger partial charge in [-0.1, -0.05) is 19.1 Å². The second-order valence-electron chi connectivity index (χ2n) is 5.36. The maximum Gasteiger partial charge on any atom is 0.114 e. The van der Waals surface area contributed by atoms with Gasteiger partial charge >= 0.3 is 0 Å². The molecule has 0 aromatic heterocycles. The summed E-state index contributed by atoms with van der Waals surface area (Å²) in [4.78, 5) is 0. The Kier molecular flexibility index (Phi) is 3.34. The highest BCUT2D eigenvalue weighted by molar-refractivity contribution is 5.25. The summed E-state index contributed by atoms with van der Waals surface area (Å²) in [6.07, 6.45) is 5.96. The second kappa shape index (κ2) is 4.35. The molecule has 2 heterocycles. The lowest BCUT2D eigenvalue weighted by atomic mass is 9.78. The lowest BCUT2D eigenvalue weighted by Crippen LogP contribution is -2.56. The van der Waals surface area contributed by atoms with Crippen molar-refractivity contribution < 1.29 is 19.3 Å². The maximum atomic E-state index is 10.6. The Hall–Kier alpha value is -0.420. The zero-order chi connectivity index (χ0) is 12.6. The highest BCUT2D eigenvalue weighted by atomic mass is 16.6. The zero-order valence-electron chi connectivity index (χ0n) is 10.9. The predicted octanol–water partition coefficient (Wildman–Crippen LogP) is 1.28. The van der Waals surface area contributed by atoms with Crippen molar-refractivity contribution in [2.45, 2.75) is 43.0 Å². The van der Waals surface area contributed by atoms with Crippen LogP contribution in [0.1, 0.15) is 26.2 Å². The number of hydrogen-bond acceptors (Lipinski definition) is 4. The average Bonchev–Trinajstić information content (AvgIpc) is 2.52. The van der Waals surface area contributed by atoms with Crippen LogP contribution in [0, 0.1) is 0 Å². The predicted molar refractivity (Wildman–Crippen MR) is 63.9 cm³/mol. The van der Waals surface area contributed by atoms with Gasteiger partial charge < -0.3 is 19.3 Å². The van der Waals surface area contributed by atoms with Crippen molar-refractivity contribution in [3.05, 3.63) is 12.2 Å². The molecule has 0 amide bonds. The zero-order valence-corrected chi connectivity index (χ0v) is 10.9. The van der Waals surface area contributed by atoms with E-state index < -0.39 is 16.8 Å². The Bertz CT molecular complexity index is 291. The van der Waals surface area contributed by atoms with Crippen LogP contribution in [-0.2, 0) is 14.2 Å². The van der Waals surface area contributed by atoms with Crippen LogP contribution in [0.25, 0.3) is 0 Å². The van der Waals surface area contributed by atoms with Crippen molar-refractivity contribution in [1.29, 1.82) is 0 Å². The molecule has 0 saturated carbocycles. The summed E-state index contributed by atoms with van der Waals surface area (Å²) in [7, 11) is 3.31. The minimum absolute atomic E-state index is 0.470. The van der Waals surface area contributed by atoms with E-state index in [0.29, 0.717) is 26.1 Å². The summed E-state index contributed by atoms with van der Waals surface area (Å²) in [5.41, 5.74) is -1.68. The first-order valence-electron chi connectivity index (χ1n) is 6.12. The molecule has 0 aromatic carbocycles. The first-order valence-corrected chi connectivity index (χ1v) is 6.12. The van der Waals surface area contributed by atoms with Gasteiger partial charge in [0.25, 0.3) is 0 Å². The number of hydrogen-bond donors (Lipinski definition) is 1. The van der Waals surface area contributed by atoms with E-state index in [9.17, 15) is 5.11 Å². The molecule has 17 heavy (non-hydrogen) atoms. The average molecular weight is 242 g/mol. The van der Waals surface area contributed by atoms with E-state index in [-0.39, 0.29) is 0 Å². The molecule has 3 atom stereocenters. The SMILES string of the molecule is CC[C@]1(O)C[C@@]2(COC)C=C[C@@](COC)(C1)O2. The molecule has 0 aromatic rings. The Balaban J connectivity index is 2.25. The summed E-state index contributed by atoms with van der Waals surface area (Å²) < 4.78 is 16.6. The first-order chi connectivity index (χ1) is 8.01. The van der Waals surface area contributed by atoms with Gasteiger partial charge in [-0.15, -0.1) is 0 Å². The Morgan fingerprint density at radius 2 is 1.59 bits per heavy atom. The number of fused-ring (bicyclic) bond motifs is 2. The molecule has 1 N–H and O–H groups in total. The van der Waals surface area contributed by atoms with Crippen LogP contribution in [0.4, 0.5) is 0 Å². The fourth-order valence-electron chi connectivity index (χ4n) is 3.14. The quantitative estimate of drug-likeness (QED) is 0.738. The number of ether oxygens (including phenoxy) is 3. The Labute approximate surface area is 103 Å². The van der Waals surface area contributed by atoms with Crippen molar-refractivity contribution >= 4 is 0 Å². The highest BCUT2D eigenvalue weighted by Gasteiger charge is 2.56. The smallest absolute Gasteiger partial charge is 0.114 e. The molecule has 2 aliphatic heterocycles. The monoisotopic (exact) mass is 242 g/mol. The van der Waals surface area contributed by atoms with Gasteiger partial charge in [0.05, 0.1) is 18.8 Å². The molecule has 0 aliphatic carbocycles. The van der Waals surface area contributed by atoms with Crippen LogP contribution < -0.4 is 0 Å². The lowest BCUT2D eigenvalue weighted by molar-refractivity contribution is -0.222. The fraction of sp³-hybridized carbons (Fsp3) is 0.846. The molecule has 4 nitrogen and oxygen atoms in total. The third-order valence-corrected chi connectivity index (χ3v) is 3.79. The van der Waals surface area contributed by atoms with Gasteiger partial charge in [0.15, 0.2) is 0 Å². The Morgan fingerprint density at radius 1 is 1.12 bits per heavy atom. The van der Waals surface area contributed by atoms with Gasteiger partial charge in [0, 0.05) is 27.1 Å². The topological polar surface area (TPSA) is 47.9 Å². The van der Waals surface area contributed by atoms with Crippen LogP contribution in [0.2, 0.25) is 0 Å². The van der Waals surface area contributed by atoms with E-state index in [1.807, 2.05) is 19.1 Å². The van der Waals surface area contributed by atoms with E-state index in [4.69, 9.17) is 14.2 Å². The molecule has 0 radical (unpaired) electrons. The van der Waals surface area contributed by atoms with Crippen molar-refractivity contribution in [1.82, 2.24) is 0 Å². The van der Waals surface area contributed by atoms with E-state index >= 15 is 0 Å².